The van der Waals surface area contributed by atoms with Crippen LogP contribution >= 0.6 is 11.8 Å². The minimum absolute atomic E-state index is 0.137. The van der Waals surface area contributed by atoms with Crippen LogP contribution < -0.4 is 10.6 Å². The third-order valence-corrected chi connectivity index (χ3v) is 3.85. The highest BCUT2D eigenvalue weighted by Crippen LogP contribution is 2.15. The Morgan fingerprint density at radius 1 is 1.26 bits per heavy atom. The first-order chi connectivity index (χ1) is 9.22. The van der Waals surface area contributed by atoms with Gasteiger partial charge in [0.15, 0.2) is 0 Å². The number of benzene rings is 1. The molecule has 1 unspecified atom stereocenters. The van der Waals surface area contributed by atoms with Crippen molar-refractivity contribution in [2.75, 3.05) is 18.8 Å². The predicted octanol–water partition coefficient (Wildman–Crippen LogP) is 2.67. The first-order valence-electron chi connectivity index (χ1n) is 6.90. The van der Waals surface area contributed by atoms with E-state index < -0.39 is 0 Å². The zero-order valence-electron chi connectivity index (χ0n) is 11.8. The number of amides is 1. The van der Waals surface area contributed by atoms with Gasteiger partial charge in [-0.25, -0.2) is 0 Å². The van der Waals surface area contributed by atoms with Crippen molar-refractivity contribution >= 4 is 17.7 Å². The maximum Gasteiger partial charge on any atom is 0.221 e. The second-order valence-electron chi connectivity index (χ2n) is 4.54. The molecule has 2 N–H and O–H groups in total. The quantitative estimate of drug-likeness (QED) is 0.540. The van der Waals surface area contributed by atoms with Crippen LogP contribution in [-0.2, 0) is 4.79 Å². The molecule has 1 amide bonds. The molecule has 106 valence electrons. The Morgan fingerprint density at radius 3 is 2.68 bits per heavy atom. The van der Waals surface area contributed by atoms with Crippen molar-refractivity contribution in [3.05, 3.63) is 30.3 Å². The highest BCUT2D eigenvalue weighted by atomic mass is 32.2. The van der Waals surface area contributed by atoms with Gasteiger partial charge in [0.05, 0.1) is 0 Å². The van der Waals surface area contributed by atoms with E-state index in [2.05, 4.69) is 41.8 Å². The lowest BCUT2D eigenvalue weighted by molar-refractivity contribution is -0.121. The predicted molar refractivity (Wildman–Crippen MR) is 82.5 cm³/mol. The number of thioether (sulfide) groups is 1. The van der Waals surface area contributed by atoms with Crippen LogP contribution in [-0.4, -0.2) is 30.8 Å². The molecule has 1 aromatic rings. The summed E-state index contributed by atoms with van der Waals surface area (Å²) in [6.45, 7) is 5.78. The highest BCUT2D eigenvalue weighted by Gasteiger charge is 2.04. The van der Waals surface area contributed by atoms with Crippen LogP contribution in [0.3, 0.4) is 0 Å². The van der Waals surface area contributed by atoms with Crippen molar-refractivity contribution in [1.82, 2.24) is 10.6 Å². The molecule has 0 saturated carbocycles. The SMILES string of the molecule is CCC(C)NC(=O)CCNCCSc1ccccc1. The Morgan fingerprint density at radius 2 is 2.00 bits per heavy atom. The lowest BCUT2D eigenvalue weighted by atomic mass is 10.2. The molecular weight excluding hydrogens is 256 g/mol. The van der Waals surface area contributed by atoms with Gasteiger partial charge in [0.1, 0.15) is 0 Å². The standard InChI is InChI=1S/C15H24N2OS/c1-3-13(2)17-15(18)9-10-16-11-12-19-14-7-5-4-6-8-14/h4-8,13,16H,3,9-12H2,1-2H3,(H,17,18). The molecule has 0 bridgehead atoms. The summed E-state index contributed by atoms with van der Waals surface area (Å²) in [5.41, 5.74) is 0. The summed E-state index contributed by atoms with van der Waals surface area (Å²) in [6, 6.07) is 10.6. The number of carbonyl (C=O) groups excluding carboxylic acids is 1. The summed E-state index contributed by atoms with van der Waals surface area (Å²) < 4.78 is 0. The number of rotatable bonds is 9. The van der Waals surface area contributed by atoms with E-state index in [1.54, 1.807) is 0 Å². The topological polar surface area (TPSA) is 41.1 Å². The van der Waals surface area contributed by atoms with Gasteiger partial charge in [0, 0.05) is 36.2 Å². The van der Waals surface area contributed by atoms with Gasteiger partial charge in [-0.05, 0) is 25.5 Å². The normalized spacial score (nSPS) is 12.1. The van der Waals surface area contributed by atoms with E-state index in [0.29, 0.717) is 6.42 Å². The molecule has 0 aliphatic rings. The van der Waals surface area contributed by atoms with E-state index in [4.69, 9.17) is 0 Å². The molecule has 0 aromatic heterocycles. The Kier molecular flexibility index (Phi) is 8.34. The fourth-order valence-corrected chi connectivity index (χ4v) is 2.37. The van der Waals surface area contributed by atoms with Crippen molar-refractivity contribution in [3.8, 4) is 0 Å². The largest absolute Gasteiger partial charge is 0.354 e. The number of nitrogens with one attached hydrogen (secondary N) is 2. The minimum atomic E-state index is 0.137. The molecule has 0 heterocycles. The van der Waals surface area contributed by atoms with Gasteiger partial charge < -0.3 is 10.6 Å². The van der Waals surface area contributed by atoms with Crippen molar-refractivity contribution in [1.29, 1.82) is 0 Å². The Balaban J connectivity index is 1.98. The van der Waals surface area contributed by atoms with Gasteiger partial charge in [-0.15, -0.1) is 11.8 Å². The van der Waals surface area contributed by atoms with Crippen LogP contribution in [0.15, 0.2) is 35.2 Å². The smallest absolute Gasteiger partial charge is 0.221 e. The molecule has 0 saturated heterocycles. The summed E-state index contributed by atoms with van der Waals surface area (Å²) in [5, 5.41) is 6.26. The molecule has 0 radical (unpaired) electrons. The van der Waals surface area contributed by atoms with Gasteiger partial charge >= 0.3 is 0 Å². The monoisotopic (exact) mass is 280 g/mol. The molecule has 1 aromatic carbocycles. The van der Waals surface area contributed by atoms with Crippen LogP contribution in [0.1, 0.15) is 26.7 Å². The average Bonchev–Trinajstić information content (AvgIpc) is 2.43. The first kappa shape index (κ1) is 16.1. The van der Waals surface area contributed by atoms with Crippen LogP contribution in [0, 0.1) is 0 Å². The van der Waals surface area contributed by atoms with E-state index in [9.17, 15) is 4.79 Å². The molecule has 0 aliphatic heterocycles. The summed E-state index contributed by atoms with van der Waals surface area (Å²) in [5.74, 6) is 1.16. The zero-order chi connectivity index (χ0) is 13.9. The molecule has 0 aliphatic carbocycles. The van der Waals surface area contributed by atoms with Gasteiger partial charge in [-0.1, -0.05) is 25.1 Å². The first-order valence-corrected chi connectivity index (χ1v) is 7.89. The van der Waals surface area contributed by atoms with Crippen molar-refractivity contribution in [2.45, 2.75) is 37.6 Å². The fourth-order valence-electron chi connectivity index (χ4n) is 1.53. The van der Waals surface area contributed by atoms with E-state index >= 15 is 0 Å². The lowest BCUT2D eigenvalue weighted by Crippen LogP contribution is -2.34. The summed E-state index contributed by atoms with van der Waals surface area (Å²) in [6.07, 6.45) is 1.53. The molecular formula is C15H24N2OS. The third kappa shape index (κ3) is 7.90. The third-order valence-electron chi connectivity index (χ3n) is 2.84. The maximum absolute atomic E-state index is 11.5. The van der Waals surface area contributed by atoms with E-state index in [1.807, 2.05) is 24.8 Å². The molecule has 3 nitrogen and oxygen atoms in total. The van der Waals surface area contributed by atoms with E-state index in [1.165, 1.54) is 4.90 Å². The second-order valence-corrected chi connectivity index (χ2v) is 5.71. The van der Waals surface area contributed by atoms with Crippen LogP contribution in [0.4, 0.5) is 0 Å². The van der Waals surface area contributed by atoms with Crippen molar-refractivity contribution in [2.24, 2.45) is 0 Å². The van der Waals surface area contributed by atoms with E-state index in [-0.39, 0.29) is 11.9 Å². The number of carbonyl (C=O) groups is 1. The molecule has 1 rings (SSSR count). The number of hydrogen-bond acceptors (Lipinski definition) is 3. The Bertz CT molecular complexity index is 356. The van der Waals surface area contributed by atoms with Gasteiger partial charge in [-0.2, -0.15) is 0 Å². The highest BCUT2D eigenvalue weighted by molar-refractivity contribution is 7.99. The van der Waals surface area contributed by atoms with Crippen LogP contribution in [0.5, 0.6) is 0 Å². The number of hydrogen-bond donors (Lipinski definition) is 2. The van der Waals surface area contributed by atoms with Crippen LogP contribution in [0.25, 0.3) is 0 Å². The molecule has 4 heteroatoms. The van der Waals surface area contributed by atoms with Crippen molar-refractivity contribution in [3.63, 3.8) is 0 Å². The minimum Gasteiger partial charge on any atom is -0.354 e. The molecule has 1 atom stereocenters. The van der Waals surface area contributed by atoms with Crippen molar-refractivity contribution < 1.29 is 4.79 Å². The Labute approximate surface area is 120 Å². The molecule has 0 spiro atoms. The summed E-state index contributed by atoms with van der Waals surface area (Å²) >= 11 is 1.83. The van der Waals surface area contributed by atoms with Gasteiger partial charge in [0.25, 0.3) is 0 Å². The Hall–Kier alpha value is -1.00. The summed E-state index contributed by atoms with van der Waals surface area (Å²) in [4.78, 5) is 12.8. The van der Waals surface area contributed by atoms with Gasteiger partial charge in [0.2, 0.25) is 5.91 Å². The van der Waals surface area contributed by atoms with Gasteiger partial charge in [-0.3, -0.25) is 4.79 Å². The zero-order valence-corrected chi connectivity index (χ0v) is 12.6. The second kappa shape index (κ2) is 9.87. The van der Waals surface area contributed by atoms with Crippen LogP contribution in [0.2, 0.25) is 0 Å². The summed E-state index contributed by atoms with van der Waals surface area (Å²) in [7, 11) is 0. The van der Waals surface area contributed by atoms with E-state index in [0.717, 1.165) is 25.3 Å². The lowest BCUT2D eigenvalue weighted by Gasteiger charge is -2.11. The maximum atomic E-state index is 11.5. The molecule has 0 fully saturated rings. The average molecular weight is 280 g/mol. The molecule has 19 heavy (non-hydrogen) atoms. The fraction of sp³-hybridized carbons (Fsp3) is 0.533.